The van der Waals surface area contributed by atoms with Gasteiger partial charge in [0.25, 0.3) is 5.91 Å². The third kappa shape index (κ3) is 5.35. The number of ether oxygens (including phenoxy) is 3. The number of nitrogens with two attached hydrogens (primary N) is 1. The molecule has 1 saturated heterocycles. The van der Waals surface area contributed by atoms with E-state index in [0.717, 1.165) is 42.7 Å². The first-order valence-electron chi connectivity index (χ1n) is 13.1. The van der Waals surface area contributed by atoms with Crippen LogP contribution in [0.3, 0.4) is 0 Å². The maximum absolute atomic E-state index is 11.6. The van der Waals surface area contributed by atoms with E-state index in [0.29, 0.717) is 23.3 Å². The van der Waals surface area contributed by atoms with Gasteiger partial charge < -0.3 is 30.2 Å². The SMILES string of the molecule is C1CCC2(C1)OCCO2.CNc1cc(-c2c[nH]c3ncccc23)nc2c(C(N)=O)cnn12.COC1CCC1. The van der Waals surface area contributed by atoms with Gasteiger partial charge in [0.2, 0.25) is 0 Å². The number of amides is 1. The van der Waals surface area contributed by atoms with Gasteiger partial charge in [-0.25, -0.2) is 9.97 Å². The monoisotopic (exact) mass is 521 g/mol. The maximum Gasteiger partial charge on any atom is 0.254 e. The smallest absolute Gasteiger partial charge is 0.254 e. The molecule has 2 saturated carbocycles. The average molecular weight is 522 g/mol. The average Bonchev–Trinajstić information content (AvgIpc) is 3.71. The van der Waals surface area contributed by atoms with Gasteiger partial charge in [-0.2, -0.15) is 9.61 Å². The van der Waals surface area contributed by atoms with E-state index in [1.807, 2.05) is 24.4 Å². The van der Waals surface area contributed by atoms with Crippen molar-refractivity contribution in [1.29, 1.82) is 0 Å². The number of pyridine rings is 1. The minimum absolute atomic E-state index is 0.111. The summed E-state index contributed by atoms with van der Waals surface area (Å²) in [6.07, 6.45) is 14.3. The topological polar surface area (TPSA) is 142 Å². The number of methoxy groups -OCH3 is 1. The van der Waals surface area contributed by atoms with Gasteiger partial charge in [-0.05, 0) is 44.2 Å². The number of rotatable bonds is 4. The van der Waals surface area contributed by atoms with Crippen molar-refractivity contribution in [1.82, 2.24) is 24.6 Å². The van der Waals surface area contributed by atoms with E-state index in [4.69, 9.17) is 19.9 Å². The Bertz CT molecular complexity index is 1360. The highest BCUT2D eigenvalue weighted by atomic mass is 16.7. The first kappa shape index (κ1) is 26.1. The molecule has 0 radical (unpaired) electrons. The molecule has 1 amide bonds. The van der Waals surface area contributed by atoms with Crippen LogP contribution in [0.2, 0.25) is 0 Å². The Balaban J connectivity index is 0.000000159. The molecule has 4 aromatic heterocycles. The Morgan fingerprint density at radius 2 is 2.00 bits per heavy atom. The van der Waals surface area contributed by atoms with Crippen LogP contribution in [0.15, 0.2) is 36.8 Å². The van der Waals surface area contributed by atoms with E-state index in [1.54, 1.807) is 24.9 Å². The molecule has 7 rings (SSSR count). The molecular formula is C27H35N7O4. The highest BCUT2D eigenvalue weighted by molar-refractivity contribution is 5.99. The molecular weight excluding hydrogens is 486 g/mol. The number of carbonyl (C=O) groups is 1. The molecule has 0 atom stereocenters. The second-order valence-electron chi connectivity index (χ2n) is 9.64. The maximum atomic E-state index is 11.6. The molecule has 3 fully saturated rings. The van der Waals surface area contributed by atoms with Gasteiger partial charge in [0, 0.05) is 56.4 Å². The van der Waals surface area contributed by atoms with Gasteiger partial charge in [-0.3, -0.25) is 4.79 Å². The molecule has 0 unspecified atom stereocenters. The van der Waals surface area contributed by atoms with Crippen molar-refractivity contribution in [3.63, 3.8) is 0 Å². The molecule has 0 aromatic carbocycles. The number of H-pyrrole nitrogens is 1. The fourth-order valence-electron chi connectivity index (χ4n) is 4.93. The number of primary amides is 1. The lowest BCUT2D eigenvalue weighted by molar-refractivity contribution is -0.150. The first-order valence-corrected chi connectivity index (χ1v) is 13.1. The summed E-state index contributed by atoms with van der Waals surface area (Å²) >= 11 is 0. The van der Waals surface area contributed by atoms with Gasteiger partial charge in [0.15, 0.2) is 11.4 Å². The number of aromatic nitrogens is 5. The molecule has 11 heteroatoms. The Morgan fingerprint density at radius 3 is 2.61 bits per heavy atom. The summed E-state index contributed by atoms with van der Waals surface area (Å²) in [6, 6.07) is 5.69. The van der Waals surface area contributed by atoms with Gasteiger partial charge >= 0.3 is 0 Å². The summed E-state index contributed by atoms with van der Waals surface area (Å²) in [5.41, 5.74) is 8.47. The number of nitrogens with zero attached hydrogens (tertiary/aromatic N) is 4. The predicted octanol–water partition coefficient (Wildman–Crippen LogP) is 3.90. The largest absolute Gasteiger partial charge is 0.381 e. The highest BCUT2D eigenvalue weighted by Crippen LogP contribution is 2.36. The first-order chi connectivity index (χ1) is 18.5. The van der Waals surface area contributed by atoms with Gasteiger partial charge in [-0.15, -0.1) is 0 Å². The molecule has 202 valence electrons. The van der Waals surface area contributed by atoms with Crippen molar-refractivity contribution in [3.8, 4) is 11.3 Å². The van der Waals surface area contributed by atoms with E-state index in [1.165, 1.54) is 38.3 Å². The van der Waals surface area contributed by atoms with E-state index >= 15 is 0 Å². The summed E-state index contributed by atoms with van der Waals surface area (Å²) in [5, 5.41) is 8.17. The standard InChI is InChI=1S/C15H13N7O.C7H12O2.C5H10O/c1-17-12-5-11(9-6-19-14-8(9)3-2-4-18-14)21-15-10(13(16)23)7-20-22(12)15;1-2-4-7(3-1)8-5-6-9-7;1-6-5-3-2-4-5/h2-7,17H,1H3,(H2,16,23)(H,18,19);1-6H2;5H,2-4H2,1H3. The van der Waals surface area contributed by atoms with Gasteiger partial charge in [0.05, 0.1) is 31.2 Å². The number of anilines is 1. The highest BCUT2D eigenvalue weighted by Gasteiger charge is 2.39. The Hall–Kier alpha value is -3.54. The number of hydrogen-bond donors (Lipinski definition) is 3. The Labute approximate surface area is 221 Å². The molecule has 4 N–H and O–H groups in total. The lowest BCUT2D eigenvalue weighted by Crippen LogP contribution is -2.24. The number of carbonyl (C=O) groups excluding carboxylic acids is 1. The molecule has 4 aromatic rings. The number of fused-ring (bicyclic) bond motifs is 2. The van der Waals surface area contributed by atoms with E-state index in [-0.39, 0.29) is 11.4 Å². The fourth-order valence-corrected chi connectivity index (χ4v) is 4.93. The zero-order chi connectivity index (χ0) is 26.5. The molecule has 38 heavy (non-hydrogen) atoms. The molecule has 2 aliphatic carbocycles. The summed E-state index contributed by atoms with van der Waals surface area (Å²) < 4.78 is 17.5. The summed E-state index contributed by atoms with van der Waals surface area (Å²) in [6.45, 7) is 1.61. The summed E-state index contributed by atoms with van der Waals surface area (Å²) in [7, 11) is 3.56. The minimum atomic E-state index is -0.563. The van der Waals surface area contributed by atoms with Crippen LogP contribution in [0, 0.1) is 0 Å². The summed E-state index contributed by atoms with van der Waals surface area (Å²) in [5.74, 6) is 0.0306. The Morgan fingerprint density at radius 1 is 1.24 bits per heavy atom. The molecule has 0 bridgehead atoms. The third-order valence-electron chi connectivity index (χ3n) is 7.28. The van der Waals surface area contributed by atoms with E-state index < -0.39 is 5.91 Å². The van der Waals surface area contributed by atoms with Gasteiger partial charge in [-0.1, -0.05) is 0 Å². The molecule has 11 nitrogen and oxygen atoms in total. The molecule has 5 heterocycles. The van der Waals surface area contributed by atoms with Crippen LogP contribution in [-0.2, 0) is 14.2 Å². The molecule has 1 aliphatic heterocycles. The van der Waals surface area contributed by atoms with Crippen LogP contribution in [0.25, 0.3) is 27.9 Å². The fraction of sp³-hybridized carbons (Fsp3) is 0.481. The minimum Gasteiger partial charge on any atom is -0.381 e. The van der Waals surface area contributed by atoms with Gasteiger partial charge in [0.1, 0.15) is 17.0 Å². The normalized spacial score (nSPS) is 18.1. The zero-order valence-corrected chi connectivity index (χ0v) is 21.9. The summed E-state index contributed by atoms with van der Waals surface area (Å²) in [4.78, 5) is 23.5. The lowest BCUT2D eigenvalue weighted by Gasteiger charge is -2.22. The Kier molecular flexibility index (Phi) is 7.87. The van der Waals surface area contributed by atoms with E-state index in [9.17, 15) is 4.79 Å². The van der Waals surface area contributed by atoms with Crippen LogP contribution >= 0.6 is 0 Å². The van der Waals surface area contributed by atoms with Crippen LogP contribution in [0.4, 0.5) is 5.82 Å². The zero-order valence-electron chi connectivity index (χ0n) is 21.9. The van der Waals surface area contributed by atoms with Crippen molar-refractivity contribution in [3.05, 3.63) is 42.4 Å². The second kappa shape index (κ2) is 11.5. The van der Waals surface area contributed by atoms with Crippen LogP contribution in [-0.4, -0.2) is 69.7 Å². The van der Waals surface area contributed by atoms with Crippen LogP contribution in [0.5, 0.6) is 0 Å². The van der Waals surface area contributed by atoms with Crippen LogP contribution < -0.4 is 11.1 Å². The second-order valence-corrected chi connectivity index (χ2v) is 9.64. The number of nitrogens with one attached hydrogen (secondary N) is 2. The van der Waals surface area contributed by atoms with Crippen molar-refractivity contribution in [2.24, 2.45) is 5.73 Å². The third-order valence-corrected chi connectivity index (χ3v) is 7.28. The van der Waals surface area contributed by atoms with Crippen LogP contribution in [0.1, 0.15) is 55.3 Å². The van der Waals surface area contributed by atoms with Crippen molar-refractivity contribution < 1.29 is 19.0 Å². The van der Waals surface area contributed by atoms with Crippen molar-refractivity contribution in [2.75, 3.05) is 32.7 Å². The number of aromatic amines is 1. The quantitative estimate of drug-likeness (QED) is 0.367. The van der Waals surface area contributed by atoms with E-state index in [2.05, 4.69) is 25.4 Å². The number of hydrogen-bond acceptors (Lipinski definition) is 8. The predicted molar refractivity (Wildman–Crippen MR) is 144 cm³/mol. The molecule has 1 spiro atoms. The van der Waals surface area contributed by atoms with Crippen molar-refractivity contribution in [2.45, 2.75) is 56.8 Å². The molecule has 3 aliphatic rings. The van der Waals surface area contributed by atoms with Crippen molar-refractivity contribution >= 4 is 28.4 Å². The lowest BCUT2D eigenvalue weighted by atomic mass is 9.96.